The Morgan fingerprint density at radius 2 is 1.79 bits per heavy atom. The van der Waals surface area contributed by atoms with Crippen LogP contribution in [0.3, 0.4) is 0 Å². The van der Waals surface area contributed by atoms with Crippen LogP contribution in [-0.4, -0.2) is 42.3 Å². The molecule has 9 heteroatoms. The van der Waals surface area contributed by atoms with Gasteiger partial charge in [0.05, 0.1) is 16.8 Å². The highest BCUT2D eigenvalue weighted by Crippen LogP contribution is 2.27. The zero-order valence-electron chi connectivity index (χ0n) is 15.5. The van der Waals surface area contributed by atoms with Crippen molar-refractivity contribution in [1.82, 2.24) is 14.9 Å². The standard InChI is InChI=1S/C20H19IN4O3S/c21-14-7-8-15(20(26)25-11-2-1-3-12-25)18(13-14)29(27,28)24-17-6-4-5-16-19(17)23-10-9-22-16/h4-10,13,24H,1-3,11-12H2. The van der Waals surface area contributed by atoms with Crippen LogP contribution in [0.1, 0.15) is 29.6 Å². The van der Waals surface area contributed by atoms with Gasteiger partial charge in [-0.3, -0.25) is 19.5 Å². The normalized spacial score (nSPS) is 14.7. The van der Waals surface area contributed by atoms with Crippen molar-refractivity contribution in [2.45, 2.75) is 24.2 Å². The molecule has 1 N–H and O–H groups in total. The number of halogens is 1. The molecule has 1 aliphatic rings. The summed E-state index contributed by atoms with van der Waals surface area (Å²) in [5, 5.41) is 0. The molecule has 0 radical (unpaired) electrons. The molecule has 1 aromatic heterocycles. The number of anilines is 1. The highest BCUT2D eigenvalue weighted by atomic mass is 127. The molecule has 1 saturated heterocycles. The number of aromatic nitrogens is 2. The Balaban J connectivity index is 1.74. The van der Waals surface area contributed by atoms with Gasteiger partial charge < -0.3 is 4.90 Å². The Morgan fingerprint density at radius 3 is 2.59 bits per heavy atom. The highest BCUT2D eigenvalue weighted by Gasteiger charge is 2.27. The molecular formula is C20H19IN4O3S. The summed E-state index contributed by atoms with van der Waals surface area (Å²) >= 11 is 2.05. The van der Waals surface area contributed by atoms with Crippen molar-refractivity contribution in [3.63, 3.8) is 0 Å². The molecule has 1 amide bonds. The second-order valence-electron chi connectivity index (χ2n) is 6.83. The number of fused-ring (bicyclic) bond motifs is 1. The lowest BCUT2D eigenvalue weighted by Crippen LogP contribution is -2.36. The Morgan fingerprint density at radius 1 is 1.03 bits per heavy atom. The SMILES string of the molecule is O=C(c1ccc(I)cc1S(=O)(=O)Nc1cccc2nccnc12)N1CCCCC1. The summed E-state index contributed by atoms with van der Waals surface area (Å²) in [6.45, 7) is 1.30. The van der Waals surface area contributed by atoms with Crippen molar-refractivity contribution in [2.24, 2.45) is 0 Å². The summed E-state index contributed by atoms with van der Waals surface area (Å²) in [6, 6.07) is 9.97. The average molecular weight is 522 g/mol. The number of amides is 1. The molecule has 0 unspecified atom stereocenters. The fourth-order valence-corrected chi connectivity index (χ4v) is 5.43. The minimum Gasteiger partial charge on any atom is -0.339 e. The first-order chi connectivity index (χ1) is 14.0. The first-order valence-electron chi connectivity index (χ1n) is 9.27. The second kappa shape index (κ2) is 8.23. The number of hydrogen-bond acceptors (Lipinski definition) is 5. The molecule has 0 saturated carbocycles. The summed E-state index contributed by atoms with van der Waals surface area (Å²) < 4.78 is 29.9. The molecule has 4 rings (SSSR count). The van der Waals surface area contributed by atoms with Crippen molar-refractivity contribution in [2.75, 3.05) is 17.8 Å². The molecule has 0 spiro atoms. The van der Waals surface area contributed by atoms with Gasteiger partial charge in [0.1, 0.15) is 10.4 Å². The number of nitrogens with zero attached hydrogens (tertiary/aromatic N) is 3. The van der Waals surface area contributed by atoms with E-state index in [0.29, 0.717) is 29.8 Å². The van der Waals surface area contributed by atoms with E-state index in [1.807, 2.05) is 22.6 Å². The van der Waals surface area contributed by atoms with E-state index in [2.05, 4.69) is 14.7 Å². The van der Waals surface area contributed by atoms with Crippen molar-refractivity contribution in [3.05, 3.63) is 57.9 Å². The van der Waals surface area contributed by atoms with E-state index >= 15 is 0 Å². The number of para-hydroxylation sites is 1. The molecule has 0 aliphatic carbocycles. The molecule has 0 bridgehead atoms. The van der Waals surface area contributed by atoms with Gasteiger partial charge in [-0.15, -0.1) is 0 Å². The predicted octanol–water partition coefficient (Wildman–Crippen LogP) is 3.66. The molecule has 2 aromatic carbocycles. The number of carbonyl (C=O) groups excluding carboxylic acids is 1. The molecular weight excluding hydrogens is 503 g/mol. The molecule has 0 atom stereocenters. The van der Waals surface area contributed by atoms with Crippen molar-refractivity contribution in [3.8, 4) is 0 Å². The van der Waals surface area contributed by atoms with E-state index in [4.69, 9.17) is 0 Å². The van der Waals surface area contributed by atoms with Crippen LogP contribution in [0, 0.1) is 3.57 Å². The monoisotopic (exact) mass is 522 g/mol. The number of sulfonamides is 1. The summed E-state index contributed by atoms with van der Waals surface area (Å²) in [6.07, 6.45) is 6.02. The molecule has 150 valence electrons. The molecule has 3 aromatic rings. The summed E-state index contributed by atoms with van der Waals surface area (Å²) in [7, 11) is -4.01. The van der Waals surface area contributed by atoms with Gasteiger partial charge in [0.2, 0.25) is 0 Å². The molecule has 7 nitrogen and oxygen atoms in total. The van der Waals surface area contributed by atoms with E-state index in [-0.39, 0.29) is 16.4 Å². The number of nitrogens with one attached hydrogen (secondary N) is 1. The van der Waals surface area contributed by atoms with Crippen LogP contribution < -0.4 is 4.72 Å². The highest BCUT2D eigenvalue weighted by molar-refractivity contribution is 14.1. The minimum absolute atomic E-state index is 0.0270. The fourth-order valence-electron chi connectivity index (χ4n) is 3.44. The first kappa shape index (κ1) is 20.0. The van der Waals surface area contributed by atoms with Gasteiger partial charge in [0, 0.05) is 29.1 Å². The lowest BCUT2D eigenvalue weighted by Gasteiger charge is -2.27. The van der Waals surface area contributed by atoms with Crippen molar-refractivity contribution >= 4 is 55.2 Å². The van der Waals surface area contributed by atoms with E-state index in [1.54, 1.807) is 41.4 Å². The summed E-state index contributed by atoms with van der Waals surface area (Å²) in [4.78, 5) is 23.2. The zero-order chi connectivity index (χ0) is 20.4. The van der Waals surface area contributed by atoms with Gasteiger partial charge in [0.15, 0.2) is 0 Å². The Kier molecular flexibility index (Phi) is 5.68. The molecule has 2 heterocycles. The zero-order valence-corrected chi connectivity index (χ0v) is 18.5. The third-order valence-corrected chi connectivity index (χ3v) is 6.93. The Bertz CT molecular complexity index is 1170. The van der Waals surface area contributed by atoms with Crippen LogP contribution in [0.25, 0.3) is 11.0 Å². The van der Waals surface area contributed by atoms with E-state index in [9.17, 15) is 13.2 Å². The largest absolute Gasteiger partial charge is 0.339 e. The number of likely N-dealkylation sites (tertiary alicyclic amines) is 1. The number of carbonyl (C=O) groups is 1. The minimum atomic E-state index is -4.01. The van der Waals surface area contributed by atoms with E-state index < -0.39 is 10.0 Å². The molecule has 1 aliphatic heterocycles. The Hall–Kier alpha value is -2.27. The number of hydrogen-bond donors (Lipinski definition) is 1. The first-order valence-corrected chi connectivity index (χ1v) is 11.8. The number of piperidine rings is 1. The second-order valence-corrected chi connectivity index (χ2v) is 9.72. The fraction of sp³-hybridized carbons (Fsp3) is 0.250. The van der Waals surface area contributed by atoms with E-state index in [1.165, 1.54) is 12.3 Å². The van der Waals surface area contributed by atoms with Gasteiger partial charge in [-0.2, -0.15) is 0 Å². The van der Waals surface area contributed by atoms with Gasteiger partial charge in [-0.1, -0.05) is 6.07 Å². The lowest BCUT2D eigenvalue weighted by molar-refractivity contribution is 0.0720. The van der Waals surface area contributed by atoms with Crippen molar-refractivity contribution < 1.29 is 13.2 Å². The van der Waals surface area contributed by atoms with Gasteiger partial charge in [0.25, 0.3) is 15.9 Å². The number of benzene rings is 2. The van der Waals surface area contributed by atoms with Crippen LogP contribution in [0.4, 0.5) is 5.69 Å². The maximum absolute atomic E-state index is 13.3. The summed E-state index contributed by atoms with van der Waals surface area (Å²) in [5.74, 6) is -0.251. The molecule has 1 fully saturated rings. The van der Waals surface area contributed by atoms with Crippen LogP contribution in [-0.2, 0) is 10.0 Å². The van der Waals surface area contributed by atoms with Gasteiger partial charge in [-0.05, 0) is 72.2 Å². The van der Waals surface area contributed by atoms with Crippen LogP contribution in [0.15, 0.2) is 53.7 Å². The van der Waals surface area contributed by atoms with Crippen LogP contribution >= 0.6 is 22.6 Å². The predicted molar refractivity (Wildman–Crippen MR) is 119 cm³/mol. The van der Waals surface area contributed by atoms with Gasteiger partial charge >= 0.3 is 0 Å². The smallest absolute Gasteiger partial charge is 0.262 e. The number of rotatable bonds is 4. The van der Waals surface area contributed by atoms with Crippen molar-refractivity contribution in [1.29, 1.82) is 0 Å². The summed E-state index contributed by atoms with van der Waals surface area (Å²) in [5.41, 5.74) is 1.55. The molecule has 29 heavy (non-hydrogen) atoms. The van der Waals surface area contributed by atoms with E-state index in [0.717, 1.165) is 22.8 Å². The lowest BCUT2D eigenvalue weighted by atomic mass is 10.1. The Labute approximate surface area is 182 Å². The average Bonchev–Trinajstić information content (AvgIpc) is 2.74. The van der Waals surface area contributed by atoms with Crippen LogP contribution in [0.5, 0.6) is 0 Å². The quantitative estimate of drug-likeness (QED) is 0.529. The third kappa shape index (κ3) is 4.20. The van der Waals surface area contributed by atoms with Crippen LogP contribution in [0.2, 0.25) is 0 Å². The maximum Gasteiger partial charge on any atom is 0.262 e. The maximum atomic E-state index is 13.3. The van der Waals surface area contributed by atoms with Gasteiger partial charge in [-0.25, -0.2) is 8.42 Å². The third-order valence-electron chi connectivity index (χ3n) is 4.85. The topological polar surface area (TPSA) is 92.3 Å².